The highest BCUT2D eigenvalue weighted by Crippen LogP contribution is 1.91. The lowest BCUT2D eigenvalue weighted by Gasteiger charge is -2.04. The monoisotopic (exact) mass is 211 g/mol. The maximum absolute atomic E-state index is 11.4. The Balaban J connectivity index is 2.18. The van der Waals surface area contributed by atoms with Crippen LogP contribution in [-0.2, 0) is 16.1 Å². The zero-order valence-corrected chi connectivity index (χ0v) is 9.19. The van der Waals surface area contributed by atoms with Crippen LogP contribution in [0.4, 0.5) is 0 Å². The summed E-state index contributed by atoms with van der Waals surface area (Å²) in [5.41, 5.74) is 0.919. The molecule has 1 heterocycles. The van der Waals surface area contributed by atoms with E-state index < -0.39 is 0 Å². The van der Waals surface area contributed by atoms with E-state index in [0.717, 1.165) is 12.1 Å². The Morgan fingerprint density at radius 2 is 2.47 bits per heavy atom. The lowest BCUT2D eigenvalue weighted by Crippen LogP contribution is -2.29. The van der Waals surface area contributed by atoms with E-state index in [0.29, 0.717) is 13.2 Å². The number of aromatic nitrogens is 2. The molecule has 1 N–H and O–H groups in total. The summed E-state index contributed by atoms with van der Waals surface area (Å²) in [5, 5.41) is 6.92. The number of hydrogen-bond acceptors (Lipinski definition) is 3. The molecule has 0 fully saturated rings. The molecule has 0 aromatic carbocycles. The normalized spacial score (nSPS) is 10.3. The molecule has 0 radical (unpaired) electrons. The quantitative estimate of drug-likeness (QED) is 0.690. The molecule has 0 saturated carbocycles. The number of rotatable bonds is 6. The maximum atomic E-state index is 11.4. The van der Waals surface area contributed by atoms with Gasteiger partial charge in [0.15, 0.2) is 0 Å². The van der Waals surface area contributed by atoms with Gasteiger partial charge in [0.2, 0.25) is 5.91 Å². The Bertz CT molecular complexity index is 309. The van der Waals surface area contributed by atoms with E-state index in [1.807, 2.05) is 13.0 Å². The SMILES string of the molecule is COCCCNC(=O)Cn1ccc(C)n1. The largest absolute Gasteiger partial charge is 0.385 e. The molecule has 0 aliphatic carbocycles. The van der Waals surface area contributed by atoms with Gasteiger partial charge in [0, 0.05) is 26.5 Å². The predicted octanol–water partition coefficient (Wildman–Crippen LogP) is 0.344. The number of nitrogens with one attached hydrogen (secondary N) is 1. The van der Waals surface area contributed by atoms with Crippen molar-refractivity contribution in [3.63, 3.8) is 0 Å². The molecule has 0 aliphatic rings. The third-order valence-corrected chi connectivity index (χ3v) is 1.93. The molecule has 1 aromatic rings. The first-order valence-corrected chi connectivity index (χ1v) is 4.98. The Morgan fingerprint density at radius 3 is 3.07 bits per heavy atom. The summed E-state index contributed by atoms with van der Waals surface area (Å²) in [6.45, 7) is 3.49. The summed E-state index contributed by atoms with van der Waals surface area (Å²) < 4.78 is 6.50. The van der Waals surface area contributed by atoms with Crippen LogP contribution in [0.15, 0.2) is 12.3 Å². The van der Waals surface area contributed by atoms with Gasteiger partial charge in [-0.1, -0.05) is 0 Å². The molecule has 1 amide bonds. The third-order valence-electron chi connectivity index (χ3n) is 1.93. The molecule has 1 rings (SSSR count). The van der Waals surface area contributed by atoms with Gasteiger partial charge in [0.1, 0.15) is 6.54 Å². The summed E-state index contributed by atoms with van der Waals surface area (Å²) in [4.78, 5) is 11.4. The number of methoxy groups -OCH3 is 1. The molecule has 5 nitrogen and oxygen atoms in total. The summed E-state index contributed by atoms with van der Waals surface area (Å²) in [6, 6.07) is 1.87. The molecule has 0 aliphatic heterocycles. The summed E-state index contributed by atoms with van der Waals surface area (Å²) in [6.07, 6.45) is 2.63. The molecule has 84 valence electrons. The van der Waals surface area contributed by atoms with Gasteiger partial charge in [-0.05, 0) is 19.4 Å². The van der Waals surface area contributed by atoms with Crippen molar-refractivity contribution in [2.75, 3.05) is 20.3 Å². The van der Waals surface area contributed by atoms with E-state index in [4.69, 9.17) is 4.74 Å². The number of nitrogens with zero attached hydrogens (tertiary/aromatic N) is 2. The van der Waals surface area contributed by atoms with Crippen LogP contribution in [0.3, 0.4) is 0 Å². The van der Waals surface area contributed by atoms with Crippen molar-refractivity contribution in [3.8, 4) is 0 Å². The molecule has 0 bridgehead atoms. The topological polar surface area (TPSA) is 56.1 Å². The number of hydrogen-bond donors (Lipinski definition) is 1. The fourth-order valence-electron chi connectivity index (χ4n) is 1.20. The van der Waals surface area contributed by atoms with Gasteiger partial charge in [-0.2, -0.15) is 5.10 Å². The average molecular weight is 211 g/mol. The van der Waals surface area contributed by atoms with Crippen molar-refractivity contribution in [2.24, 2.45) is 0 Å². The second-order valence-corrected chi connectivity index (χ2v) is 3.35. The average Bonchev–Trinajstić information content (AvgIpc) is 2.59. The van der Waals surface area contributed by atoms with Crippen molar-refractivity contribution >= 4 is 5.91 Å². The van der Waals surface area contributed by atoms with Crippen molar-refractivity contribution < 1.29 is 9.53 Å². The minimum atomic E-state index is -0.0193. The zero-order valence-electron chi connectivity index (χ0n) is 9.19. The fraction of sp³-hybridized carbons (Fsp3) is 0.600. The van der Waals surface area contributed by atoms with Crippen LogP contribution in [0.1, 0.15) is 12.1 Å². The highest BCUT2D eigenvalue weighted by molar-refractivity contribution is 5.75. The summed E-state index contributed by atoms with van der Waals surface area (Å²) >= 11 is 0. The van der Waals surface area contributed by atoms with E-state index in [9.17, 15) is 4.79 Å². The van der Waals surface area contributed by atoms with Gasteiger partial charge in [-0.3, -0.25) is 9.48 Å². The maximum Gasteiger partial charge on any atom is 0.241 e. The van der Waals surface area contributed by atoms with Gasteiger partial charge in [-0.15, -0.1) is 0 Å². The van der Waals surface area contributed by atoms with Crippen LogP contribution < -0.4 is 5.32 Å². The van der Waals surface area contributed by atoms with Gasteiger partial charge in [0.05, 0.1) is 5.69 Å². The molecular weight excluding hydrogens is 194 g/mol. The van der Waals surface area contributed by atoms with Gasteiger partial charge < -0.3 is 10.1 Å². The molecule has 0 saturated heterocycles. The highest BCUT2D eigenvalue weighted by Gasteiger charge is 2.02. The minimum Gasteiger partial charge on any atom is -0.385 e. The van der Waals surface area contributed by atoms with Crippen LogP contribution in [0, 0.1) is 6.92 Å². The summed E-state index contributed by atoms with van der Waals surface area (Å²) in [5.74, 6) is -0.0193. The van der Waals surface area contributed by atoms with Crippen molar-refractivity contribution in [1.29, 1.82) is 0 Å². The molecule has 0 spiro atoms. The number of carbonyl (C=O) groups excluding carboxylic acids is 1. The number of aryl methyl sites for hydroxylation is 1. The lowest BCUT2D eigenvalue weighted by atomic mass is 10.4. The molecular formula is C10H17N3O2. The van der Waals surface area contributed by atoms with Gasteiger partial charge in [0.25, 0.3) is 0 Å². The molecule has 1 aromatic heterocycles. The predicted molar refractivity (Wildman–Crippen MR) is 56.5 cm³/mol. The second-order valence-electron chi connectivity index (χ2n) is 3.35. The van der Waals surface area contributed by atoms with E-state index >= 15 is 0 Å². The molecule has 0 atom stereocenters. The Hall–Kier alpha value is -1.36. The van der Waals surface area contributed by atoms with Crippen LogP contribution in [0.5, 0.6) is 0 Å². The molecule has 5 heteroatoms. The first-order valence-electron chi connectivity index (χ1n) is 4.98. The Morgan fingerprint density at radius 1 is 1.67 bits per heavy atom. The fourth-order valence-corrected chi connectivity index (χ4v) is 1.20. The van der Waals surface area contributed by atoms with E-state index in [1.54, 1.807) is 18.0 Å². The number of amides is 1. The Kier molecular flexibility index (Phi) is 4.83. The zero-order chi connectivity index (χ0) is 11.1. The van der Waals surface area contributed by atoms with Crippen molar-refractivity contribution in [3.05, 3.63) is 18.0 Å². The van der Waals surface area contributed by atoms with Crippen LogP contribution in [0.2, 0.25) is 0 Å². The number of carbonyl (C=O) groups is 1. The first kappa shape index (κ1) is 11.7. The van der Waals surface area contributed by atoms with Crippen LogP contribution in [-0.4, -0.2) is 35.9 Å². The first-order chi connectivity index (χ1) is 7.22. The van der Waals surface area contributed by atoms with Crippen molar-refractivity contribution in [1.82, 2.24) is 15.1 Å². The standard InChI is InChI=1S/C10H17N3O2/c1-9-4-6-13(12-9)8-10(14)11-5-3-7-15-2/h4,6H,3,5,7-8H2,1-2H3,(H,11,14). The molecule has 15 heavy (non-hydrogen) atoms. The summed E-state index contributed by atoms with van der Waals surface area (Å²) in [7, 11) is 1.65. The van der Waals surface area contributed by atoms with Crippen LogP contribution in [0.25, 0.3) is 0 Å². The van der Waals surface area contributed by atoms with E-state index in [2.05, 4.69) is 10.4 Å². The van der Waals surface area contributed by atoms with Crippen molar-refractivity contribution in [2.45, 2.75) is 19.9 Å². The minimum absolute atomic E-state index is 0.0193. The van der Waals surface area contributed by atoms with E-state index in [-0.39, 0.29) is 12.5 Å². The lowest BCUT2D eigenvalue weighted by molar-refractivity contribution is -0.121. The second kappa shape index (κ2) is 6.19. The van der Waals surface area contributed by atoms with E-state index in [1.165, 1.54) is 0 Å². The number of ether oxygens (including phenoxy) is 1. The Labute approximate surface area is 89.4 Å². The highest BCUT2D eigenvalue weighted by atomic mass is 16.5. The van der Waals surface area contributed by atoms with Gasteiger partial charge in [-0.25, -0.2) is 0 Å². The third kappa shape index (κ3) is 4.60. The van der Waals surface area contributed by atoms with Crippen LogP contribution >= 0.6 is 0 Å². The smallest absolute Gasteiger partial charge is 0.241 e. The molecule has 0 unspecified atom stereocenters. The van der Waals surface area contributed by atoms with Gasteiger partial charge >= 0.3 is 0 Å².